The van der Waals surface area contributed by atoms with Gasteiger partial charge in [0.15, 0.2) is 0 Å². The number of hydrogen-bond acceptors (Lipinski definition) is 2. The van der Waals surface area contributed by atoms with E-state index in [1.54, 1.807) is 30.1 Å². The van der Waals surface area contributed by atoms with Crippen LogP contribution in [0.5, 0.6) is 0 Å². The zero-order valence-electron chi connectivity index (χ0n) is 6.35. The van der Waals surface area contributed by atoms with E-state index in [0.717, 1.165) is 12.8 Å². The van der Waals surface area contributed by atoms with E-state index in [4.69, 9.17) is 5.11 Å². The minimum Gasteiger partial charge on any atom is -0.393 e. The largest absolute Gasteiger partial charge is 0.393 e. The van der Waals surface area contributed by atoms with Gasteiger partial charge in [0.1, 0.15) is 23.0 Å². The van der Waals surface area contributed by atoms with Gasteiger partial charge in [-0.05, 0) is 12.8 Å². The second kappa shape index (κ2) is 7.75. The van der Waals surface area contributed by atoms with Gasteiger partial charge in [0, 0.05) is 7.11 Å². The lowest BCUT2D eigenvalue weighted by molar-refractivity contribution is 0.130. The van der Waals surface area contributed by atoms with Gasteiger partial charge in [-0.25, -0.2) is 0 Å². The summed E-state index contributed by atoms with van der Waals surface area (Å²) in [5.74, 6) is 0. The van der Waals surface area contributed by atoms with Gasteiger partial charge in [0.2, 0.25) is 0 Å². The molecule has 1 aliphatic rings. The maximum atomic E-state index is 8.91. The summed E-state index contributed by atoms with van der Waals surface area (Å²) < 4.78 is 4.22. The highest BCUT2D eigenvalue weighted by Crippen LogP contribution is 2.16. The quantitative estimate of drug-likeness (QED) is 0.675. The van der Waals surface area contributed by atoms with E-state index in [0.29, 0.717) is 0 Å². The van der Waals surface area contributed by atoms with Gasteiger partial charge in [-0.3, -0.25) is 0 Å². The van der Waals surface area contributed by atoms with Gasteiger partial charge in [-0.2, -0.15) is 0 Å². The maximum Gasteiger partial charge on any atom is 0.109 e. The molecule has 0 bridgehead atoms. The van der Waals surface area contributed by atoms with Crippen molar-refractivity contribution in [1.29, 1.82) is 0 Å². The van der Waals surface area contributed by atoms with Gasteiger partial charge in [0.25, 0.3) is 0 Å². The Morgan fingerprint density at radius 2 is 1.70 bits per heavy atom. The van der Waals surface area contributed by atoms with Gasteiger partial charge in [-0.15, -0.1) is 0 Å². The first-order valence-electron chi connectivity index (χ1n) is 3.64. The minimum absolute atomic E-state index is 0.0359. The summed E-state index contributed by atoms with van der Waals surface area (Å²) in [6.45, 7) is 0. The Kier molecular flexibility index (Phi) is 8.26. The van der Waals surface area contributed by atoms with Crippen molar-refractivity contribution in [3.05, 3.63) is 0 Å². The molecular weight excluding hydrogens is 243 g/mol. The van der Waals surface area contributed by atoms with Crippen LogP contribution in [0, 0.1) is 0 Å². The van der Waals surface area contributed by atoms with Gasteiger partial charge in [0.05, 0.1) is 6.10 Å². The summed E-state index contributed by atoms with van der Waals surface area (Å²) in [4.78, 5) is 0. The molecule has 0 aromatic rings. The molecule has 1 rings (SSSR count). The van der Waals surface area contributed by atoms with Crippen molar-refractivity contribution in [2.75, 3.05) is 7.11 Å². The standard InChI is InChI=1S/C6H12O.CH3IO/c7-6-4-2-1-3-5-6;1-3-2/h6-7H,1-5H2;1H3. The second-order valence-corrected chi connectivity index (χ2v) is 3.33. The number of halogens is 1. The van der Waals surface area contributed by atoms with Gasteiger partial charge >= 0.3 is 0 Å². The molecule has 1 aliphatic carbocycles. The van der Waals surface area contributed by atoms with Crippen molar-refractivity contribution in [3.63, 3.8) is 0 Å². The number of rotatable bonds is 0. The fourth-order valence-electron chi connectivity index (χ4n) is 1.08. The Balaban J connectivity index is 0.000000236. The van der Waals surface area contributed by atoms with Crippen LogP contribution < -0.4 is 0 Å². The Morgan fingerprint density at radius 3 is 1.90 bits per heavy atom. The van der Waals surface area contributed by atoms with Crippen molar-refractivity contribution in [2.24, 2.45) is 0 Å². The second-order valence-electron chi connectivity index (χ2n) is 2.45. The molecule has 0 heterocycles. The molecule has 10 heavy (non-hydrogen) atoms. The normalized spacial score (nSPS) is 19.5. The summed E-state index contributed by atoms with van der Waals surface area (Å²) in [6, 6.07) is 0. The lowest BCUT2D eigenvalue weighted by Gasteiger charge is -2.14. The molecule has 1 fully saturated rings. The van der Waals surface area contributed by atoms with Crippen LogP contribution in [0.4, 0.5) is 0 Å². The molecule has 2 nitrogen and oxygen atoms in total. The zero-order valence-corrected chi connectivity index (χ0v) is 8.50. The molecule has 0 aromatic carbocycles. The van der Waals surface area contributed by atoms with E-state index in [1.165, 1.54) is 19.3 Å². The molecule has 0 unspecified atom stereocenters. The van der Waals surface area contributed by atoms with E-state index in [2.05, 4.69) is 3.07 Å². The van der Waals surface area contributed by atoms with E-state index < -0.39 is 0 Å². The fraction of sp³-hybridized carbons (Fsp3) is 1.00. The van der Waals surface area contributed by atoms with E-state index in [-0.39, 0.29) is 6.10 Å². The van der Waals surface area contributed by atoms with Crippen LogP contribution in [0.3, 0.4) is 0 Å². The summed E-state index contributed by atoms with van der Waals surface area (Å²) in [6.07, 6.45) is 5.92. The average molecular weight is 258 g/mol. The zero-order chi connectivity index (χ0) is 7.82. The van der Waals surface area contributed by atoms with Crippen LogP contribution in [0.15, 0.2) is 0 Å². The highest BCUT2D eigenvalue weighted by Gasteiger charge is 2.07. The Morgan fingerprint density at radius 1 is 1.30 bits per heavy atom. The first kappa shape index (κ1) is 10.7. The topological polar surface area (TPSA) is 29.5 Å². The lowest BCUT2D eigenvalue weighted by atomic mass is 9.98. The third-order valence-corrected chi connectivity index (χ3v) is 1.57. The van der Waals surface area contributed by atoms with Crippen molar-refractivity contribution in [1.82, 2.24) is 0 Å². The molecule has 1 saturated carbocycles. The van der Waals surface area contributed by atoms with Crippen molar-refractivity contribution < 1.29 is 8.17 Å². The monoisotopic (exact) mass is 258 g/mol. The molecule has 0 saturated heterocycles. The van der Waals surface area contributed by atoms with Crippen LogP contribution in [0.25, 0.3) is 0 Å². The molecule has 0 atom stereocenters. The van der Waals surface area contributed by atoms with Crippen LogP contribution in [0.2, 0.25) is 0 Å². The predicted molar refractivity (Wildman–Crippen MR) is 50.1 cm³/mol. The van der Waals surface area contributed by atoms with E-state index in [1.807, 2.05) is 0 Å². The summed E-state index contributed by atoms with van der Waals surface area (Å²) >= 11 is 1.79. The van der Waals surface area contributed by atoms with Crippen LogP contribution >= 0.6 is 23.0 Å². The van der Waals surface area contributed by atoms with Crippen molar-refractivity contribution >= 4 is 23.0 Å². The third-order valence-electron chi connectivity index (χ3n) is 1.57. The Bertz CT molecular complexity index is 62.6. The average Bonchev–Trinajstić information content (AvgIpc) is 1.91. The third kappa shape index (κ3) is 6.77. The molecule has 0 amide bonds. The minimum atomic E-state index is 0.0359. The molecule has 0 aromatic heterocycles. The first-order valence-corrected chi connectivity index (χ1v) is 4.52. The molecular formula is C7H15IO2. The molecule has 62 valence electrons. The molecule has 1 N–H and O–H groups in total. The predicted octanol–water partition coefficient (Wildman–Crippen LogP) is 2.29. The Hall–Kier alpha value is 0.650. The van der Waals surface area contributed by atoms with Crippen LogP contribution in [0.1, 0.15) is 32.1 Å². The highest BCUT2D eigenvalue weighted by molar-refractivity contribution is 14.1. The van der Waals surface area contributed by atoms with Crippen LogP contribution in [-0.2, 0) is 3.07 Å². The number of aliphatic hydroxyl groups excluding tert-OH is 1. The lowest BCUT2D eigenvalue weighted by Crippen LogP contribution is -2.09. The summed E-state index contributed by atoms with van der Waals surface area (Å²) in [5, 5.41) is 8.91. The Labute approximate surface area is 76.7 Å². The highest BCUT2D eigenvalue weighted by atomic mass is 127. The van der Waals surface area contributed by atoms with Gasteiger partial charge in [-0.1, -0.05) is 19.3 Å². The summed E-state index contributed by atoms with van der Waals surface area (Å²) in [7, 11) is 1.61. The molecule has 0 aliphatic heterocycles. The fourth-order valence-corrected chi connectivity index (χ4v) is 1.08. The number of hydrogen-bond donors (Lipinski definition) is 1. The molecule has 0 spiro atoms. The van der Waals surface area contributed by atoms with Gasteiger partial charge < -0.3 is 8.17 Å². The summed E-state index contributed by atoms with van der Waals surface area (Å²) in [5.41, 5.74) is 0. The first-order chi connectivity index (χ1) is 4.81. The van der Waals surface area contributed by atoms with Crippen molar-refractivity contribution in [3.8, 4) is 0 Å². The molecule has 0 radical (unpaired) electrons. The molecule has 3 heteroatoms. The van der Waals surface area contributed by atoms with E-state index >= 15 is 0 Å². The smallest absolute Gasteiger partial charge is 0.109 e. The van der Waals surface area contributed by atoms with Crippen LogP contribution in [-0.4, -0.2) is 18.3 Å². The van der Waals surface area contributed by atoms with Crippen molar-refractivity contribution in [2.45, 2.75) is 38.2 Å². The number of aliphatic hydroxyl groups is 1. The SMILES string of the molecule is COI.OC1CCCCC1. The maximum absolute atomic E-state index is 8.91. The van der Waals surface area contributed by atoms with E-state index in [9.17, 15) is 0 Å².